The molecule has 0 aromatic heterocycles. The van der Waals surface area contributed by atoms with Gasteiger partial charge in [0.25, 0.3) is 0 Å². The van der Waals surface area contributed by atoms with E-state index in [-0.39, 0.29) is 18.3 Å². The van der Waals surface area contributed by atoms with E-state index >= 15 is 0 Å². The lowest BCUT2D eigenvalue weighted by molar-refractivity contribution is -0.142. The van der Waals surface area contributed by atoms with Gasteiger partial charge in [-0.1, -0.05) is 26.8 Å². The number of carbonyl (C=O) groups excluding carboxylic acids is 1. The van der Waals surface area contributed by atoms with Crippen LogP contribution in [0.5, 0.6) is 11.5 Å². The summed E-state index contributed by atoms with van der Waals surface area (Å²) in [5.41, 5.74) is 0.115. The van der Waals surface area contributed by atoms with Gasteiger partial charge in [0.1, 0.15) is 5.60 Å². The summed E-state index contributed by atoms with van der Waals surface area (Å²) in [6, 6.07) is 4.52. The first kappa shape index (κ1) is 32.5. The Hall–Kier alpha value is -2.53. The number of hydrogen-bond donors (Lipinski definition) is 3. The number of rotatable bonds is 14. The molecule has 10 nitrogen and oxygen atoms in total. The van der Waals surface area contributed by atoms with E-state index in [1.807, 2.05) is 19.9 Å². The van der Waals surface area contributed by atoms with Gasteiger partial charge in [-0.25, -0.2) is 13.2 Å². The minimum atomic E-state index is -3.36. The molecule has 0 aliphatic rings. The van der Waals surface area contributed by atoms with Crippen LogP contribution >= 0.6 is 0 Å². The molecule has 0 unspecified atom stereocenters. The third-order valence-corrected chi connectivity index (χ3v) is 6.38. The van der Waals surface area contributed by atoms with E-state index < -0.39 is 51.5 Å². The number of aliphatic carboxylic acids is 1. The Morgan fingerprint density at radius 2 is 1.70 bits per heavy atom. The van der Waals surface area contributed by atoms with Crippen LogP contribution in [0.1, 0.15) is 59.9 Å². The van der Waals surface area contributed by atoms with Gasteiger partial charge in [-0.3, -0.25) is 4.79 Å². The van der Waals surface area contributed by atoms with Gasteiger partial charge < -0.3 is 29.7 Å². The van der Waals surface area contributed by atoms with Gasteiger partial charge >= 0.3 is 12.1 Å². The van der Waals surface area contributed by atoms with Gasteiger partial charge in [0, 0.05) is 6.26 Å². The number of hydrogen-bond acceptors (Lipinski definition) is 8. The zero-order valence-electron chi connectivity index (χ0n) is 23.1. The predicted octanol–water partition coefficient (Wildman–Crippen LogP) is 3.65. The molecule has 0 bridgehead atoms. The number of benzene rings is 1. The molecule has 0 heterocycles. The summed E-state index contributed by atoms with van der Waals surface area (Å²) < 4.78 is 39.3. The van der Waals surface area contributed by atoms with Crippen LogP contribution in [-0.2, 0) is 25.8 Å². The van der Waals surface area contributed by atoms with E-state index in [0.717, 1.165) is 11.8 Å². The molecule has 1 amide bonds. The van der Waals surface area contributed by atoms with Gasteiger partial charge in [0.15, 0.2) is 27.3 Å². The first-order valence-electron chi connectivity index (χ1n) is 12.3. The van der Waals surface area contributed by atoms with Crippen molar-refractivity contribution in [1.29, 1.82) is 0 Å². The number of nitrogens with one attached hydrogen (secondary N) is 1. The zero-order valence-corrected chi connectivity index (χ0v) is 23.9. The lowest BCUT2D eigenvalue weighted by Gasteiger charge is -2.32. The second-order valence-electron chi connectivity index (χ2n) is 10.9. The maximum absolute atomic E-state index is 12.5. The van der Waals surface area contributed by atoms with E-state index in [0.29, 0.717) is 24.3 Å². The van der Waals surface area contributed by atoms with Crippen molar-refractivity contribution in [3.8, 4) is 11.5 Å². The summed E-state index contributed by atoms with van der Waals surface area (Å²) >= 11 is 0. The van der Waals surface area contributed by atoms with Crippen molar-refractivity contribution < 1.29 is 42.4 Å². The summed E-state index contributed by atoms with van der Waals surface area (Å²) in [5.74, 6) is -1.53. The number of ether oxygens (including phenoxy) is 3. The molecule has 11 heteroatoms. The van der Waals surface area contributed by atoms with Crippen LogP contribution in [0.25, 0.3) is 0 Å². The first-order valence-corrected chi connectivity index (χ1v) is 14.4. The fourth-order valence-electron chi connectivity index (χ4n) is 3.75. The molecule has 0 radical (unpaired) electrons. The molecule has 0 aliphatic heterocycles. The number of methoxy groups -OCH3 is 1. The summed E-state index contributed by atoms with van der Waals surface area (Å²) in [7, 11) is -1.90. The van der Waals surface area contributed by atoms with Crippen molar-refractivity contribution in [2.45, 2.75) is 78.6 Å². The SMILES string of the molecule is COc1ccc(C[C@@H](C[C@H](NC(=O)OC(C)(C)C)[C@@H](O)C[C@@H](C)C(=O)O)C(C)C)cc1OCS(C)(=O)=O. The average Bonchev–Trinajstić information content (AvgIpc) is 2.74. The Morgan fingerprint density at radius 3 is 2.19 bits per heavy atom. The van der Waals surface area contributed by atoms with Crippen LogP contribution in [0.4, 0.5) is 4.79 Å². The minimum absolute atomic E-state index is 0.0351. The highest BCUT2D eigenvalue weighted by Crippen LogP contribution is 2.32. The number of amides is 1. The summed E-state index contributed by atoms with van der Waals surface area (Å²) in [5, 5.41) is 22.9. The topological polar surface area (TPSA) is 148 Å². The number of carboxylic acids is 1. The van der Waals surface area contributed by atoms with Crippen molar-refractivity contribution >= 4 is 21.9 Å². The van der Waals surface area contributed by atoms with Crippen LogP contribution in [0.15, 0.2) is 18.2 Å². The smallest absolute Gasteiger partial charge is 0.407 e. The second kappa shape index (κ2) is 13.9. The number of carboxylic acid groups (broad SMARTS) is 1. The number of sulfone groups is 1. The highest BCUT2D eigenvalue weighted by molar-refractivity contribution is 7.90. The molecule has 4 atom stereocenters. The van der Waals surface area contributed by atoms with Crippen LogP contribution in [0.2, 0.25) is 0 Å². The molecule has 0 aliphatic carbocycles. The number of aliphatic hydroxyl groups excluding tert-OH is 1. The van der Waals surface area contributed by atoms with E-state index in [9.17, 15) is 28.2 Å². The fraction of sp³-hybridized carbons (Fsp3) is 0.692. The number of carbonyl (C=O) groups is 2. The van der Waals surface area contributed by atoms with Crippen LogP contribution < -0.4 is 14.8 Å². The largest absolute Gasteiger partial charge is 0.493 e. The molecular formula is C26H43NO9S. The maximum atomic E-state index is 12.5. The highest BCUT2D eigenvalue weighted by Gasteiger charge is 2.31. The van der Waals surface area contributed by atoms with E-state index in [2.05, 4.69) is 5.32 Å². The number of aliphatic hydroxyl groups is 1. The Morgan fingerprint density at radius 1 is 1.08 bits per heavy atom. The molecule has 0 saturated heterocycles. The monoisotopic (exact) mass is 545 g/mol. The molecule has 1 rings (SSSR count). The van der Waals surface area contributed by atoms with E-state index in [1.165, 1.54) is 14.0 Å². The van der Waals surface area contributed by atoms with Gasteiger partial charge in [-0.2, -0.15) is 0 Å². The molecule has 0 fully saturated rings. The van der Waals surface area contributed by atoms with Crippen molar-refractivity contribution in [3.05, 3.63) is 23.8 Å². The Bertz CT molecular complexity index is 1000. The number of alkyl carbamates (subject to hydrolysis) is 1. The van der Waals surface area contributed by atoms with Crippen molar-refractivity contribution in [1.82, 2.24) is 5.32 Å². The lowest BCUT2D eigenvalue weighted by Crippen LogP contribution is -2.47. The maximum Gasteiger partial charge on any atom is 0.407 e. The average molecular weight is 546 g/mol. The lowest BCUT2D eigenvalue weighted by atomic mass is 9.82. The van der Waals surface area contributed by atoms with Crippen LogP contribution in [0, 0.1) is 17.8 Å². The van der Waals surface area contributed by atoms with Crippen molar-refractivity contribution in [3.63, 3.8) is 0 Å². The van der Waals surface area contributed by atoms with Crippen molar-refractivity contribution in [2.24, 2.45) is 17.8 Å². The molecule has 37 heavy (non-hydrogen) atoms. The standard InChI is InChI=1S/C26H43NO9S/c1-16(2)19(12-18-9-10-22(34-7)23(13-18)35-15-37(8,32)33)14-20(21(28)11-17(3)24(29)30)27-25(31)36-26(4,5)6/h9-10,13,16-17,19-21,28H,11-12,14-15H2,1-8H3,(H,27,31)(H,29,30)/t17-,19+,20+,21+/m1/s1. The highest BCUT2D eigenvalue weighted by atomic mass is 32.2. The Labute approximate surface area is 220 Å². The molecule has 0 saturated carbocycles. The quantitative estimate of drug-likeness (QED) is 0.318. The molecule has 212 valence electrons. The normalized spacial score (nSPS) is 15.4. The third-order valence-electron chi connectivity index (χ3n) is 5.84. The minimum Gasteiger partial charge on any atom is -0.493 e. The van der Waals surface area contributed by atoms with E-state index in [1.54, 1.807) is 32.9 Å². The summed E-state index contributed by atoms with van der Waals surface area (Å²) in [4.78, 5) is 23.9. The summed E-state index contributed by atoms with van der Waals surface area (Å²) in [6.45, 7) is 10.7. The van der Waals surface area contributed by atoms with Gasteiger partial charge in [-0.15, -0.1) is 0 Å². The van der Waals surface area contributed by atoms with Gasteiger partial charge in [-0.05, 0) is 69.6 Å². The van der Waals surface area contributed by atoms with Gasteiger partial charge in [0.2, 0.25) is 0 Å². The zero-order chi connectivity index (χ0) is 28.6. The van der Waals surface area contributed by atoms with Crippen molar-refractivity contribution in [2.75, 3.05) is 19.3 Å². The van der Waals surface area contributed by atoms with E-state index in [4.69, 9.17) is 14.2 Å². The second-order valence-corrected chi connectivity index (χ2v) is 13.0. The van der Waals surface area contributed by atoms with Crippen LogP contribution in [-0.4, -0.2) is 67.7 Å². The predicted molar refractivity (Wildman–Crippen MR) is 141 cm³/mol. The molecule has 1 aromatic rings. The Kier molecular flexibility index (Phi) is 12.2. The van der Waals surface area contributed by atoms with Gasteiger partial charge in [0.05, 0.1) is 25.2 Å². The fourth-order valence-corrected chi connectivity index (χ4v) is 4.09. The molecule has 0 spiro atoms. The summed E-state index contributed by atoms with van der Waals surface area (Å²) in [6.07, 6.45) is 0.131. The molecular weight excluding hydrogens is 502 g/mol. The molecule has 1 aromatic carbocycles. The Balaban J connectivity index is 3.18. The third kappa shape index (κ3) is 12.5. The first-order chi connectivity index (χ1) is 16.9. The van der Waals surface area contributed by atoms with Crippen LogP contribution in [0.3, 0.4) is 0 Å². The molecule has 3 N–H and O–H groups in total.